The quantitative estimate of drug-likeness (QED) is 0.914. The van der Waals surface area contributed by atoms with Gasteiger partial charge in [-0.25, -0.2) is 4.39 Å². The Hall–Kier alpha value is -1.66. The van der Waals surface area contributed by atoms with Crippen LogP contribution < -0.4 is 0 Å². The fourth-order valence-electron chi connectivity index (χ4n) is 2.13. The molecular weight excluding hydrogens is 287 g/mol. The highest BCUT2D eigenvalue weighted by Gasteiger charge is 2.24. The van der Waals surface area contributed by atoms with Crippen LogP contribution in [-0.4, -0.2) is 59.5 Å². The van der Waals surface area contributed by atoms with Gasteiger partial charge < -0.3 is 10.0 Å². The molecule has 0 atom stereocenters. The molecule has 1 aliphatic rings. The number of hydrogen-bond acceptors (Lipinski definition) is 3. The van der Waals surface area contributed by atoms with E-state index in [1.54, 1.807) is 4.90 Å². The molecule has 108 valence electrons. The molecular formula is C13H14ClFN2O3. The van der Waals surface area contributed by atoms with E-state index in [2.05, 4.69) is 0 Å². The Labute approximate surface area is 120 Å². The van der Waals surface area contributed by atoms with Crippen LogP contribution in [0.5, 0.6) is 0 Å². The number of piperazine rings is 1. The lowest BCUT2D eigenvalue weighted by Crippen LogP contribution is -2.50. The topological polar surface area (TPSA) is 60.9 Å². The molecule has 5 nitrogen and oxygen atoms in total. The summed E-state index contributed by atoms with van der Waals surface area (Å²) in [6.45, 7) is 1.65. The average molecular weight is 301 g/mol. The highest BCUT2D eigenvalue weighted by molar-refractivity contribution is 6.30. The van der Waals surface area contributed by atoms with E-state index in [1.807, 2.05) is 0 Å². The lowest BCUT2D eigenvalue weighted by atomic mass is 10.1. The number of amides is 1. The summed E-state index contributed by atoms with van der Waals surface area (Å²) in [5.41, 5.74) is -0.0129. The van der Waals surface area contributed by atoms with E-state index >= 15 is 0 Å². The van der Waals surface area contributed by atoms with Crippen molar-refractivity contribution in [3.8, 4) is 0 Å². The number of rotatable bonds is 3. The van der Waals surface area contributed by atoms with E-state index in [4.69, 9.17) is 16.7 Å². The van der Waals surface area contributed by atoms with Gasteiger partial charge in [-0.3, -0.25) is 14.5 Å². The number of hydrogen-bond donors (Lipinski definition) is 1. The van der Waals surface area contributed by atoms with Crippen LogP contribution in [0.3, 0.4) is 0 Å². The molecule has 1 aromatic carbocycles. The SMILES string of the molecule is O=C(O)CN1CCN(C(=O)c2ccc(Cl)cc2F)CC1. The largest absolute Gasteiger partial charge is 0.480 e. The van der Waals surface area contributed by atoms with E-state index in [9.17, 15) is 14.0 Å². The molecule has 0 radical (unpaired) electrons. The maximum Gasteiger partial charge on any atom is 0.317 e. The number of benzene rings is 1. The van der Waals surface area contributed by atoms with E-state index in [-0.39, 0.29) is 17.1 Å². The Kier molecular flexibility index (Phi) is 4.57. The highest BCUT2D eigenvalue weighted by Crippen LogP contribution is 2.17. The second-order valence-electron chi connectivity index (χ2n) is 4.59. The number of nitrogens with zero attached hydrogens (tertiary/aromatic N) is 2. The van der Waals surface area contributed by atoms with Crippen molar-refractivity contribution in [2.24, 2.45) is 0 Å². The first kappa shape index (κ1) is 14.7. The summed E-state index contributed by atoms with van der Waals surface area (Å²) in [5.74, 6) is -1.93. The molecule has 1 aromatic rings. The zero-order valence-electron chi connectivity index (χ0n) is 10.7. The molecule has 1 N–H and O–H groups in total. The van der Waals surface area contributed by atoms with Gasteiger partial charge in [0.2, 0.25) is 0 Å². The van der Waals surface area contributed by atoms with Crippen molar-refractivity contribution >= 4 is 23.5 Å². The van der Waals surface area contributed by atoms with Crippen LogP contribution >= 0.6 is 11.6 Å². The van der Waals surface area contributed by atoms with Crippen LogP contribution in [0.25, 0.3) is 0 Å². The summed E-state index contributed by atoms with van der Waals surface area (Å²) in [7, 11) is 0. The Morgan fingerprint density at radius 2 is 1.90 bits per heavy atom. The Morgan fingerprint density at radius 3 is 2.45 bits per heavy atom. The molecule has 0 saturated carbocycles. The van der Waals surface area contributed by atoms with Crippen molar-refractivity contribution in [1.29, 1.82) is 0 Å². The maximum absolute atomic E-state index is 13.7. The summed E-state index contributed by atoms with van der Waals surface area (Å²) < 4.78 is 13.7. The molecule has 0 aromatic heterocycles. The zero-order chi connectivity index (χ0) is 14.7. The molecule has 20 heavy (non-hydrogen) atoms. The minimum atomic E-state index is -0.895. The van der Waals surface area contributed by atoms with Gasteiger partial charge in [0.1, 0.15) is 5.82 Å². The standard InChI is InChI=1S/C13H14ClFN2O3/c14-9-1-2-10(11(15)7-9)13(20)17-5-3-16(4-6-17)8-12(18)19/h1-2,7H,3-6,8H2,(H,18,19). The molecule has 0 unspecified atom stereocenters. The van der Waals surface area contributed by atoms with Crippen LogP contribution in [0.2, 0.25) is 5.02 Å². The first-order valence-electron chi connectivity index (χ1n) is 6.16. The normalized spacial score (nSPS) is 16.2. The molecule has 0 spiro atoms. The van der Waals surface area contributed by atoms with Gasteiger partial charge in [-0.15, -0.1) is 0 Å². The lowest BCUT2D eigenvalue weighted by Gasteiger charge is -2.33. The van der Waals surface area contributed by atoms with Crippen LogP contribution in [0, 0.1) is 5.82 Å². The smallest absolute Gasteiger partial charge is 0.317 e. The molecule has 2 rings (SSSR count). The summed E-state index contributed by atoms with van der Waals surface area (Å²) in [4.78, 5) is 26.0. The van der Waals surface area contributed by atoms with Gasteiger partial charge in [0.05, 0.1) is 12.1 Å². The lowest BCUT2D eigenvalue weighted by molar-refractivity contribution is -0.138. The zero-order valence-corrected chi connectivity index (χ0v) is 11.4. The van der Waals surface area contributed by atoms with Crippen molar-refractivity contribution in [2.75, 3.05) is 32.7 Å². The molecule has 7 heteroatoms. The summed E-state index contributed by atoms with van der Waals surface area (Å²) >= 11 is 5.65. The number of aliphatic carboxylic acids is 1. The van der Waals surface area contributed by atoms with Crippen LogP contribution in [0.15, 0.2) is 18.2 Å². The first-order chi connectivity index (χ1) is 9.47. The fraction of sp³-hybridized carbons (Fsp3) is 0.385. The van der Waals surface area contributed by atoms with Gasteiger partial charge >= 0.3 is 5.97 Å². The van der Waals surface area contributed by atoms with Gasteiger partial charge in [-0.1, -0.05) is 11.6 Å². The second kappa shape index (κ2) is 6.19. The minimum Gasteiger partial charge on any atom is -0.480 e. The van der Waals surface area contributed by atoms with E-state index in [0.717, 1.165) is 6.07 Å². The molecule has 0 bridgehead atoms. The van der Waals surface area contributed by atoms with Gasteiger partial charge in [0, 0.05) is 31.2 Å². The van der Waals surface area contributed by atoms with E-state index in [0.29, 0.717) is 26.2 Å². The Bertz CT molecular complexity index is 530. The third-order valence-electron chi connectivity index (χ3n) is 3.18. The van der Waals surface area contributed by atoms with Crippen molar-refractivity contribution < 1.29 is 19.1 Å². The monoisotopic (exact) mass is 300 g/mol. The van der Waals surface area contributed by atoms with Crippen molar-refractivity contribution in [3.63, 3.8) is 0 Å². The summed E-state index contributed by atoms with van der Waals surface area (Å²) in [6.07, 6.45) is 0. The molecule has 1 aliphatic heterocycles. The number of carboxylic acid groups (broad SMARTS) is 1. The van der Waals surface area contributed by atoms with Gasteiger partial charge in [0.25, 0.3) is 5.91 Å². The first-order valence-corrected chi connectivity index (χ1v) is 6.53. The maximum atomic E-state index is 13.7. The number of halogens is 2. The minimum absolute atomic E-state index is 0.0129. The molecule has 1 fully saturated rings. The number of carbonyl (C=O) groups is 2. The van der Waals surface area contributed by atoms with E-state index < -0.39 is 17.7 Å². The molecule has 1 saturated heterocycles. The number of carbonyl (C=O) groups excluding carboxylic acids is 1. The predicted octanol–water partition coefficient (Wildman–Crippen LogP) is 1.32. The van der Waals surface area contributed by atoms with Crippen LogP contribution in [0.1, 0.15) is 10.4 Å². The molecule has 0 aliphatic carbocycles. The second-order valence-corrected chi connectivity index (χ2v) is 5.02. The average Bonchev–Trinajstić information content (AvgIpc) is 2.38. The third kappa shape index (κ3) is 3.46. The summed E-state index contributed by atoms with van der Waals surface area (Å²) in [5, 5.41) is 8.94. The Morgan fingerprint density at radius 1 is 1.25 bits per heavy atom. The highest BCUT2D eigenvalue weighted by atomic mass is 35.5. The molecule has 1 amide bonds. The van der Waals surface area contributed by atoms with E-state index in [1.165, 1.54) is 17.0 Å². The molecule has 1 heterocycles. The predicted molar refractivity (Wildman–Crippen MR) is 71.4 cm³/mol. The van der Waals surface area contributed by atoms with Crippen LogP contribution in [-0.2, 0) is 4.79 Å². The van der Waals surface area contributed by atoms with Gasteiger partial charge in [0.15, 0.2) is 0 Å². The third-order valence-corrected chi connectivity index (χ3v) is 3.42. The van der Waals surface area contributed by atoms with Crippen LogP contribution in [0.4, 0.5) is 4.39 Å². The summed E-state index contributed by atoms with van der Waals surface area (Å²) in [6, 6.07) is 3.94. The number of carboxylic acids is 1. The fourth-order valence-corrected chi connectivity index (χ4v) is 2.29. The van der Waals surface area contributed by atoms with Gasteiger partial charge in [-0.05, 0) is 18.2 Å². The Balaban J connectivity index is 1.99. The van der Waals surface area contributed by atoms with Crippen molar-refractivity contribution in [1.82, 2.24) is 9.80 Å². The van der Waals surface area contributed by atoms with Gasteiger partial charge in [-0.2, -0.15) is 0 Å². The van der Waals surface area contributed by atoms with Crippen molar-refractivity contribution in [3.05, 3.63) is 34.6 Å². The van der Waals surface area contributed by atoms with Crippen molar-refractivity contribution in [2.45, 2.75) is 0 Å².